The molecule has 8 nitrogen and oxygen atoms in total. The van der Waals surface area contributed by atoms with Crippen molar-refractivity contribution in [3.63, 3.8) is 0 Å². The van der Waals surface area contributed by atoms with Crippen molar-refractivity contribution in [2.24, 2.45) is 0 Å². The second-order valence-electron chi connectivity index (χ2n) is 6.63. The van der Waals surface area contributed by atoms with E-state index in [9.17, 15) is 14.4 Å². The van der Waals surface area contributed by atoms with Crippen molar-refractivity contribution in [1.82, 2.24) is 5.32 Å². The van der Waals surface area contributed by atoms with Crippen molar-refractivity contribution in [1.29, 1.82) is 0 Å². The summed E-state index contributed by atoms with van der Waals surface area (Å²) in [6.07, 6.45) is 0.124. The molecule has 3 N–H and O–H groups in total. The van der Waals surface area contributed by atoms with E-state index in [1.54, 1.807) is 53.9 Å². The lowest BCUT2D eigenvalue weighted by molar-refractivity contribution is -0.118. The van der Waals surface area contributed by atoms with Crippen LogP contribution in [0.3, 0.4) is 0 Å². The van der Waals surface area contributed by atoms with Gasteiger partial charge in [-0.15, -0.1) is 0 Å². The van der Waals surface area contributed by atoms with Crippen molar-refractivity contribution in [3.05, 3.63) is 70.9 Å². The molecule has 0 spiro atoms. The number of benzene rings is 2. The van der Waals surface area contributed by atoms with Crippen molar-refractivity contribution in [3.8, 4) is 11.5 Å². The van der Waals surface area contributed by atoms with Crippen LogP contribution in [-0.2, 0) is 9.59 Å². The van der Waals surface area contributed by atoms with Crippen molar-refractivity contribution >= 4 is 40.4 Å². The highest BCUT2D eigenvalue weighted by Crippen LogP contribution is 2.25. The lowest BCUT2D eigenvalue weighted by atomic mass is 10.2. The topological polar surface area (TPSA) is 106 Å². The molecule has 3 aromatic rings. The van der Waals surface area contributed by atoms with E-state index in [4.69, 9.17) is 9.47 Å². The van der Waals surface area contributed by atoms with Crippen LogP contribution in [0.4, 0.5) is 11.4 Å². The number of ether oxygens (including phenoxy) is 2. The monoisotopic (exact) mass is 453 g/mol. The van der Waals surface area contributed by atoms with Gasteiger partial charge in [-0.25, -0.2) is 0 Å². The number of anilines is 2. The first-order valence-corrected chi connectivity index (χ1v) is 10.8. The summed E-state index contributed by atoms with van der Waals surface area (Å²) >= 11 is 1.43. The second kappa shape index (κ2) is 11.5. The molecule has 0 atom stereocenters. The first-order valence-electron chi connectivity index (χ1n) is 9.81. The smallest absolute Gasteiger partial charge is 0.262 e. The molecule has 0 unspecified atom stereocenters. The minimum absolute atomic E-state index is 0.124. The Morgan fingerprint density at radius 1 is 0.906 bits per heavy atom. The van der Waals surface area contributed by atoms with Crippen molar-refractivity contribution < 1.29 is 23.9 Å². The molecule has 0 aliphatic heterocycles. The molecule has 0 saturated heterocycles. The van der Waals surface area contributed by atoms with Crippen LogP contribution < -0.4 is 25.4 Å². The van der Waals surface area contributed by atoms with Crippen LogP contribution in [0.1, 0.15) is 16.8 Å². The third-order valence-electron chi connectivity index (χ3n) is 4.28. The van der Waals surface area contributed by atoms with Crippen LogP contribution in [0.2, 0.25) is 0 Å². The fraction of sp³-hybridized carbons (Fsp3) is 0.174. The van der Waals surface area contributed by atoms with E-state index in [0.717, 1.165) is 0 Å². The zero-order valence-corrected chi connectivity index (χ0v) is 18.2. The van der Waals surface area contributed by atoms with E-state index >= 15 is 0 Å². The second-order valence-corrected chi connectivity index (χ2v) is 7.41. The number of carbonyl (C=O) groups is 3. The van der Waals surface area contributed by atoms with E-state index in [2.05, 4.69) is 16.0 Å². The van der Waals surface area contributed by atoms with Gasteiger partial charge in [0.05, 0.1) is 7.11 Å². The van der Waals surface area contributed by atoms with Gasteiger partial charge in [-0.05, 0) is 41.8 Å². The van der Waals surface area contributed by atoms with Crippen LogP contribution in [0.15, 0.2) is 65.4 Å². The highest BCUT2D eigenvalue weighted by Gasteiger charge is 2.10. The molecule has 0 fully saturated rings. The van der Waals surface area contributed by atoms with Crippen molar-refractivity contribution in [2.75, 3.05) is 30.9 Å². The molecule has 0 saturated carbocycles. The number of para-hydroxylation sites is 2. The van der Waals surface area contributed by atoms with Crippen LogP contribution in [0, 0.1) is 0 Å². The van der Waals surface area contributed by atoms with Crippen LogP contribution in [-0.4, -0.2) is 38.0 Å². The zero-order chi connectivity index (χ0) is 22.8. The number of nitrogens with one attached hydrogen (secondary N) is 3. The number of thiophene rings is 1. The molecule has 1 heterocycles. The van der Waals surface area contributed by atoms with Gasteiger partial charge in [0.15, 0.2) is 18.1 Å². The Labute approximate surface area is 189 Å². The van der Waals surface area contributed by atoms with Crippen LogP contribution in [0.25, 0.3) is 0 Å². The molecular formula is C23H23N3O5S. The third kappa shape index (κ3) is 6.85. The fourth-order valence-electron chi connectivity index (χ4n) is 2.76. The largest absolute Gasteiger partial charge is 0.493 e. The molecular weight excluding hydrogens is 430 g/mol. The number of hydrogen-bond donors (Lipinski definition) is 3. The Bertz CT molecular complexity index is 1070. The van der Waals surface area contributed by atoms with Crippen molar-refractivity contribution in [2.45, 2.75) is 6.42 Å². The van der Waals surface area contributed by atoms with Crippen LogP contribution >= 0.6 is 11.3 Å². The summed E-state index contributed by atoms with van der Waals surface area (Å²) in [6.45, 7) is 0.0258. The fourth-order valence-corrected chi connectivity index (χ4v) is 3.40. The minimum atomic E-state index is -0.351. The maximum absolute atomic E-state index is 12.2. The van der Waals surface area contributed by atoms with Gasteiger partial charge in [-0.1, -0.05) is 18.2 Å². The highest BCUT2D eigenvalue weighted by atomic mass is 32.1. The Kier molecular flexibility index (Phi) is 8.22. The maximum Gasteiger partial charge on any atom is 0.262 e. The van der Waals surface area contributed by atoms with E-state index in [-0.39, 0.29) is 37.3 Å². The van der Waals surface area contributed by atoms with Gasteiger partial charge >= 0.3 is 0 Å². The summed E-state index contributed by atoms with van der Waals surface area (Å²) in [5.74, 6) is 0.196. The summed E-state index contributed by atoms with van der Waals surface area (Å²) in [4.78, 5) is 36.3. The number of hydrogen-bond acceptors (Lipinski definition) is 6. The SMILES string of the molecule is COc1ccccc1OCC(=O)Nc1cccc(NC(=O)CCNC(=O)c2ccsc2)c1. The Hall–Kier alpha value is -3.85. The lowest BCUT2D eigenvalue weighted by Gasteiger charge is -2.11. The first-order chi connectivity index (χ1) is 15.5. The molecule has 0 radical (unpaired) electrons. The van der Waals surface area contributed by atoms with E-state index in [0.29, 0.717) is 28.4 Å². The van der Waals surface area contributed by atoms with Gasteiger partial charge in [0.25, 0.3) is 11.8 Å². The van der Waals surface area contributed by atoms with Gasteiger partial charge < -0.3 is 25.4 Å². The zero-order valence-electron chi connectivity index (χ0n) is 17.4. The molecule has 3 rings (SSSR count). The summed E-state index contributed by atoms with van der Waals surface area (Å²) in [7, 11) is 1.53. The summed E-state index contributed by atoms with van der Waals surface area (Å²) < 4.78 is 10.7. The Morgan fingerprint density at radius 2 is 1.62 bits per heavy atom. The molecule has 0 aliphatic carbocycles. The number of methoxy groups -OCH3 is 1. The van der Waals surface area contributed by atoms with Gasteiger partial charge in [-0.2, -0.15) is 11.3 Å². The van der Waals surface area contributed by atoms with Gasteiger partial charge in [0.2, 0.25) is 5.91 Å². The molecule has 32 heavy (non-hydrogen) atoms. The standard InChI is InChI=1S/C23H23N3O5S/c1-30-19-7-2-3-8-20(19)31-14-22(28)26-18-6-4-5-17(13-18)25-21(27)9-11-24-23(29)16-10-12-32-15-16/h2-8,10,12-13,15H,9,11,14H2,1H3,(H,24,29)(H,25,27)(H,26,28). The third-order valence-corrected chi connectivity index (χ3v) is 4.96. The quantitative estimate of drug-likeness (QED) is 0.436. The Balaban J connectivity index is 1.44. The van der Waals surface area contributed by atoms with Gasteiger partial charge in [-0.3, -0.25) is 14.4 Å². The molecule has 1 aromatic heterocycles. The van der Waals surface area contributed by atoms with E-state index < -0.39 is 0 Å². The molecule has 0 bridgehead atoms. The maximum atomic E-state index is 12.2. The lowest BCUT2D eigenvalue weighted by Crippen LogP contribution is -2.27. The van der Waals surface area contributed by atoms with Gasteiger partial charge in [0.1, 0.15) is 0 Å². The number of amides is 3. The predicted molar refractivity (Wildman–Crippen MR) is 123 cm³/mol. The molecule has 0 aliphatic rings. The predicted octanol–water partition coefficient (Wildman–Crippen LogP) is 3.53. The normalized spacial score (nSPS) is 10.2. The average Bonchev–Trinajstić information content (AvgIpc) is 3.33. The average molecular weight is 454 g/mol. The summed E-state index contributed by atoms with van der Waals surface area (Å²) in [6, 6.07) is 15.5. The molecule has 166 valence electrons. The number of rotatable bonds is 10. The van der Waals surface area contributed by atoms with E-state index in [1.807, 2.05) is 11.4 Å². The molecule has 2 aromatic carbocycles. The minimum Gasteiger partial charge on any atom is -0.493 e. The van der Waals surface area contributed by atoms with Crippen LogP contribution in [0.5, 0.6) is 11.5 Å². The molecule has 3 amide bonds. The van der Waals surface area contributed by atoms with E-state index in [1.165, 1.54) is 18.4 Å². The van der Waals surface area contributed by atoms with Gasteiger partial charge in [0, 0.05) is 35.3 Å². The first kappa shape index (κ1) is 22.8. The summed E-state index contributed by atoms with van der Waals surface area (Å²) in [5.41, 5.74) is 1.62. The number of carbonyl (C=O) groups excluding carboxylic acids is 3. The summed E-state index contributed by atoms with van der Waals surface area (Å²) in [5, 5.41) is 11.7. The molecule has 9 heteroatoms. The Morgan fingerprint density at radius 3 is 2.31 bits per heavy atom. The highest BCUT2D eigenvalue weighted by molar-refractivity contribution is 7.08.